The zero-order valence-corrected chi connectivity index (χ0v) is 8.77. The van der Waals surface area contributed by atoms with Gasteiger partial charge in [0.1, 0.15) is 6.04 Å². The van der Waals surface area contributed by atoms with Crippen LogP contribution < -0.4 is 11.1 Å². The van der Waals surface area contributed by atoms with E-state index in [0.29, 0.717) is 6.61 Å². The number of carbonyl (C=O) groups is 1. The van der Waals surface area contributed by atoms with E-state index in [-0.39, 0.29) is 12.5 Å². The molecule has 1 aromatic carbocycles. The van der Waals surface area contributed by atoms with E-state index in [2.05, 4.69) is 5.32 Å². The first-order valence-corrected chi connectivity index (χ1v) is 4.83. The minimum absolute atomic E-state index is 0.205. The number of carbonyl (C=O) groups excluding carboxylic acids is 1. The predicted octanol–water partition coefficient (Wildman–Crippen LogP) is 0.276. The molecule has 4 nitrogen and oxygen atoms in total. The van der Waals surface area contributed by atoms with Gasteiger partial charge in [-0.15, -0.1) is 0 Å². The van der Waals surface area contributed by atoms with Gasteiger partial charge in [-0.05, 0) is 5.56 Å². The van der Waals surface area contributed by atoms with Crippen LogP contribution in [0.4, 0.5) is 0 Å². The lowest BCUT2D eigenvalue weighted by Crippen LogP contribution is -2.42. The summed E-state index contributed by atoms with van der Waals surface area (Å²) in [5.74, 6) is -0.205. The Balaban J connectivity index is 2.25. The zero-order chi connectivity index (χ0) is 11.1. The second-order valence-corrected chi connectivity index (χ2v) is 3.22. The van der Waals surface area contributed by atoms with Crippen molar-refractivity contribution in [2.24, 2.45) is 5.73 Å². The SMILES string of the molecule is CNC(=O)[C@@H](N)COCc1ccccc1. The lowest BCUT2D eigenvalue weighted by atomic mass is 10.2. The highest BCUT2D eigenvalue weighted by Gasteiger charge is 2.10. The molecule has 15 heavy (non-hydrogen) atoms. The van der Waals surface area contributed by atoms with Crippen LogP contribution in [0.5, 0.6) is 0 Å². The normalized spacial score (nSPS) is 12.1. The molecule has 0 saturated heterocycles. The molecular weight excluding hydrogens is 192 g/mol. The highest BCUT2D eigenvalue weighted by molar-refractivity contribution is 5.81. The second kappa shape index (κ2) is 6.16. The summed E-state index contributed by atoms with van der Waals surface area (Å²) in [5, 5.41) is 2.47. The van der Waals surface area contributed by atoms with Crippen molar-refractivity contribution in [1.82, 2.24) is 5.32 Å². The summed E-state index contributed by atoms with van der Waals surface area (Å²) in [4.78, 5) is 11.0. The maximum Gasteiger partial charge on any atom is 0.239 e. The number of ether oxygens (including phenoxy) is 1. The minimum atomic E-state index is -0.598. The molecule has 0 bridgehead atoms. The summed E-state index contributed by atoms with van der Waals surface area (Å²) in [6.45, 7) is 0.708. The van der Waals surface area contributed by atoms with Gasteiger partial charge in [-0.1, -0.05) is 30.3 Å². The maximum atomic E-state index is 11.0. The van der Waals surface area contributed by atoms with Crippen LogP contribution in [0.25, 0.3) is 0 Å². The van der Waals surface area contributed by atoms with Crippen molar-refractivity contribution in [2.75, 3.05) is 13.7 Å². The molecule has 0 fully saturated rings. The van der Waals surface area contributed by atoms with Gasteiger partial charge in [0.05, 0.1) is 13.2 Å². The van der Waals surface area contributed by atoms with Crippen molar-refractivity contribution in [3.63, 3.8) is 0 Å². The van der Waals surface area contributed by atoms with E-state index in [1.165, 1.54) is 0 Å². The van der Waals surface area contributed by atoms with Crippen molar-refractivity contribution in [3.8, 4) is 0 Å². The summed E-state index contributed by atoms with van der Waals surface area (Å²) in [7, 11) is 1.55. The highest BCUT2D eigenvalue weighted by atomic mass is 16.5. The Morgan fingerprint density at radius 2 is 2.13 bits per heavy atom. The first-order valence-electron chi connectivity index (χ1n) is 4.83. The van der Waals surface area contributed by atoms with E-state index in [4.69, 9.17) is 10.5 Å². The quantitative estimate of drug-likeness (QED) is 0.730. The van der Waals surface area contributed by atoms with Crippen molar-refractivity contribution in [2.45, 2.75) is 12.6 Å². The third-order valence-electron chi connectivity index (χ3n) is 1.99. The summed E-state index contributed by atoms with van der Waals surface area (Å²) >= 11 is 0. The highest BCUT2D eigenvalue weighted by Crippen LogP contribution is 2.00. The summed E-state index contributed by atoms with van der Waals surface area (Å²) in [6.07, 6.45) is 0. The molecule has 1 amide bonds. The molecular formula is C11H16N2O2. The third kappa shape index (κ3) is 4.10. The smallest absolute Gasteiger partial charge is 0.239 e. The van der Waals surface area contributed by atoms with Gasteiger partial charge < -0.3 is 15.8 Å². The monoisotopic (exact) mass is 208 g/mol. The molecule has 0 aliphatic heterocycles. The lowest BCUT2D eigenvalue weighted by Gasteiger charge is -2.10. The molecule has 0 aliphatic carbocycles. The molecule has 1 atom stereocenters. The molecule has 1 aromatic rings. The number of hydrogen-bond acceptors (Lipinski definition) is 3. The molecule has 0 heterocycles. The zero-order valence-electron chi connectivity index (χ0n) is 8.77. The first-order chi connectivity index (χ1) is 7.24. The van der Waals surface area contributed by atoms with E-state index in [1.807, 2.05) is 30.3 Å². The number of nitrogens with two attached hydrogens (primary N) is 1. The molecule has 0 spiro atoms. The molecule has 0 unspecified atom stereocenters. The molecule has 0 radical (unpaired) electrons. The van der Waals surface area contributed by atoms with Crippen LogP contribution in [-0.2, 0) is 16.1 Å². The first kappa shape index (κ1) is 11.7. The fraction of sp³-hybridized carbons (Fsp3) is 0.364. The van der Waals surface area contributed by atoms with Gasteiger partial charge in [-0.2, -0.15) is 0 Å². The van der Waals surface area contributed by atoms with Crippen molar-refractivity contribution in [1.29, 1.82) is 0 Å². The van der Waals surface area contributed by atoms with Crippen LogP contribution in [-0.4, -0.2) is 25.6 Å². The number of amides is 1. The maximum absolute atomic E-state index is 11.0. The van der Waals surface area contributed by atoms with Crippen molar-refractivity contribution >= 4 is 5.91 Å². The van der Waals surface area contributed by atoms with Crippen LogP contribution in [0.2, 0.25) is 0 Å². The van der Waals surface area contributed by atoms with Gasteiger partial charge in [-0.3, -0.25) is 4.79 Å². The van der Waals surface area contributed by atoms with E-state index < -0.39 is 6.04 Å². The van der Waals surface area contributed by atoms with Crippen LogP contribution in [0, 0.1) is 0 Å². The van der Waals surface area contributed by atoms with E-state index in [1.54, 1.807) is 7.05 Å². The third-order valence-corrected chi connectivity index (χ3v) is 1.99. The van der Waals surface area contributed by atoms with Gasteiger partial charge in [0, 0.05) is 7.05 Å². The number of rotatable bonds is 5. The largest absolute Gasteiger partial charge is 0.375 e. The van der Waals surface area contributed by atoms with Crippen LogP contribution in [0.15, 0.2) is 30.3 Å². The van der Waals surface area contributed by atoms with E-state index in [9.17, 15) is 4.79 Å². The molecule has 0 aliphatic rings. The summed E-state index contributed by atoms with van der Waals surface area (Å²) < 4.78 is 5.32. The summed E-state index contributed by atoms with van der Waals surface area (Å²) in [5.41, 5.74) is 6.63. The molecule has 1 rings (SSSR count). The Morgan fingerprint density at radius 1 is 1.47 bits per heavy atom. The average molecular weight is 208 g/mol. The number of likely N-dealkylation sites (N-methyl/N-ethyl adjacent to an activating group) is 1. The fourth-order valence-corrected chi connectivity index (χ4v) is 1.14. The second-order valence-electron chi connectivity index (χ2n) is 3.22. The molecule has 0 saturated carbocycles. The van der Waals surface area contributed by atoms with Crippen LogP contribution >= 0.6 is 0 Å². The standard InChI is InChI=1S/C11H16N2O2/c1-13-11(14)10(12)8-15-7-9-5-3-2-4-6-9/h2-6,10H,7-8,12H2,1H3,(H,13,14)/t10-/m0/s1. The van der Waals surface area contributed by atoms with Crippen LogP contribution in [0.3, 0.4) is 0 Å². The Morgan fingerprint density at radius 3 is 2.73 bits per heavy atom. The number of benzene rings is 1. The molecule has 0 aromatic heterocycles. The number of hydrogen-bond donors (Lipinski definition) is 2. The van der Waals surface area contributed by atoms with Crippen molar-refractivity contribution in [3.05, 3.63) is 35.9 Å². The van der Waals surface area contributed by atoms with Gasteiger partial charge in [-0.25, -0.2) is 0 Å². The Bertz CT molecular complexity index is 301. The number of nitrogens with one attached hydrogen (secondary N) is 1. The van der Waals surface area contributed by atoms with E-state index >= 15 is 0 Å². The van der Waals surface area contributed by atoms with Gasteiger partial charge >= 0.3 is 0 Å². The van der Waals surface area contributed by atoms with Crippen LogP contribution in [0.1, 0.15) is 5.56 Å². The van der Waals surface area contributed by atoms with Crippen molar-refractivity contribution < 1.29 is 9.53 Å². The van der Waals surface area contributed by atoms with Gasteiger partial charge in [0.15, 0.2) is 0 Å². The topological polar surface area (TPSA) is 64.4 Å². The molecule has 82 valence electrons. The molecule has 4 heteroatoms. The predicted molar refractivity (Wildman–Crippen MR) is 58.1 cm³/mol. The Hall–Kier alpha value is -1.39. The Kier molecular flexibility index (Phi) is 4.80. The fourth-order valence-electron chi connectivity index (χ4n) is 1.14. The summed E-state index contributed by atoms with van der Waals surface area (Å²) in [6, 6.07) is 9.16. The van der Waals surface area contributed by atoms with Gasteiger partial charge in [0.25, 0.3) is 0 Å². The van der Waals surface area contributed by atoms with Gasteiger partial charge in [0.2, 0.25) is 5.91 Å². The minimum Gasteiger partial charge on any atom is -0.375 e. The van der Waals surface area contributed by atoms with E-state index in [0.717, 1.165) is 5.56 Å². The Labute approximate surface area is 89.4 Å². The lowest BCUT2D eigenvalue weighted by molar-refractivity contribution is -0.123. The average Bonchev–Trinajstić information content (AvgIpc) is 2.29. The molecule has 3 N–H and O–H groups in total.